The van der Waals surface area contributed by atoms with Crippen molar-refractivity contribution in [1.29, 1.82) is 0 Å². The highest BCUT2D eigenvalue weighted by atomic mass is 79.9. The summed E-state index contributed by atoms with van der Waals surface area (Å²) < 4.78 is 0.732. The van der Waals surface area contributed by atoms with Crippen molar-refractivity contribution >= 4 is 33.2 Å². The van der Waals surface area contributed by atoms with E-state index in [1.165, 1.54) is 0 Å². The first-order chi connectivity index (χ1) is 12.1. The molecule has 0 amide bonds. The molecule has 126 valence electrons. The normalized spacial score (nSPS) is 10.4. The van der Waals surface area contributed by atoms with Gasteiger partial charge in [0.15, 0.2) is 5.82 Å². The number of hydrogen-bond acceptors (Lipinski definition) is 7. The van der Waals surface area contributed by atoms with Gasteiger partial charge in [-0.3, -0.25) is 9.78 Å². The van der Waals surface area contributed by atoms with Gasteiger partial charge in [-0.05, 0) is 45.8 Å². The minimum Gasteiger partial charge on any atom is -0.382 e. The van der Waals surface area contributed by atoms with Crippen LogP contribution >= 0.6 is 15.9 Å². The minimum atomic E-state index is -0.144. The van der Waals surface area contributed by atoms with Gasteiger partial charge >= 0.3 is 0 Å². The molecule has 0 saturated heterocycles. The molecular formula is C17H15BrN6O. The summed E-state index contributed by atoms with van der Waals surface area (Å²) in [6.45, 7) is 0.479. The van der Waals surface area contributed by atoms with Crippen molar-refractivity contribution < 1.29 is 4.79 Å². The average Bonchev–Trinajstić information content (AvgIpc) is 2.62. The molecule has 0 bridgehead atoms. The number of aromatic nitrogens is 4. The third kappa shape index (κ3) is 4.57. The first-order valence-electron chi connectivity index (χ1n) is 7.51. The summed E-state index contributed by atoms with van der Waals surface area (Å²) in [6.07, 6.45) is 6.64. The number of carbonyl (C=O) groups excluding carboxylic acids is 1. The molecule has 3 heterocycles. The Kier molecular flexibility index (Phi) is 5.30. The highest BCUT2D eigenvalue weighted by molar-refractivity contribution is 9.10. The number of nitrogens with zero attached hydrogens (tertiary/aromatic N) is 4. The lowest BCUT2D eigenvalue weighted by Gasteiger charge is -2.08. The molecule has 0 aromatic carbocycles. The van der Waals surface area contributed by atoms with Crippen LogP contribution in [0.25, 0.3) is 0 Å². The molecule has 0 atom stereocenters. The second-order valence-corrected chi connectivity index (χ2v) is 6.19. The first-order valence-corrected chi connectivity index (χ1v) is 8.30. The van der Waals surface area contributed by atoms with Crippen LogP contribution in [0.3, 0.4) is 0 Å². The quantitative estimate of drug-likeness (QED) is 0.614. The van der Waals surface area contributed by atoms with Crippen molar-refractivity contribution in [1.82, 2.24) is 19.9 Å². The van der Waals surface area contributed by atoms with Gasteiger partial charge < -0.3 is 11.1 Å². The molecule has 3 aromatic heterocycles. The summed E-state index contributed by atoms with van der Waals surface area (Å²) in [7, 11) is 0. The Morgan fingerprint density at radius 2 is 1.92 bits per heavy atom. The minimum absolute atomic E-state index is 0.144. The van der Waals surface area contributed by atoms with Crippen molar-refractivity contribution in [3.63, 3.8) is 0 Å². The number of nitrogen functional groups attached to an aromatic ring is 1. The summed E-state index contributed by atoms with van der Waals surface area (Å²) in [5.41, 5.74) is 8.19. The maximum atomic E-state index is 12.3. The number of Topliss-reactive ketones (excluding diaryl/α,β-unsaturated/α-hetero) is 1. The van der Waals surface area contributed by atoms with Gasteiger partial charge in [0.25, 0.3) is 0 Å². The standard InChI is InChI=1S/C17H15BrN6O/c18-12-8-23-17(24-9-12)15(25)7-11-3-5-20-13(6-11)10-22-14-2-1-4-21-16(14)19/h1-6,8-9,22H,7,10H2,(H2,19,21). The van der Waals surface area contributed by atoms with Crippen molar-refractivity contribution in [3.05, 3.63) is 70.6 Å². The molecule has 3 rings (SSSR count). The van der Waals surface area contributed by atoms with Crippen LogP contribution in [-0.2, 0) is 13.0 Å². The van der Waals surface area contributed by atoms with Gasteiger partial charge in [0.05, 0.1) is 22.4 Å². The van der Waals surface area contributed by atoms with Crippen LogP contribution in [0.15, 0.2) is 53.5 Å². The summed E-state index contributed by atoms with van der Waals surface area (Å²) in [5.74, 6) is 0.484. The lowest BCUT2D eigenvalue weighted by Crippen LogP contribution is -2.09. The fourth-order valence-electron chi connectivity index (χ4n) is 2.21. The molecule has 3 aromatic rings. The van der Waals surface area contributed by atoms with Gasteiger partial charge in [0, 0.05) is 31.2 Å². The smallest absolute Gasteiger partial charge is 0.204 e. The second-order valence-electron chi connectivity index (χ2n) is 5.27. The molecule has 0 unspecified atom stereocenters. The zero-order valence-corrected chi connectivity index (χ0v) is 14.8. The zero-order valence-electron chi connectivity index (χ0n) is 13.2. The second kappa shape index (κ2) is 7.80. The van der Waals surface area contributed by atoms with Gasteiger partial charge in [0.2, 0.25) is 5.78 Å². The SMILES string of the molecule is Nc1ncccc1NCc1cc(CC(=O)c2ncc(Br)cn2)ccn1. The predicted molar refractivity (Wildman–Crippen MR) is 98.0 cm³/mol. The molecule has 0 aliphatic heterocycles. The lowest BCUT2D eigenvalue weighted by molar-refractivity contribution is 0.0983. The highest BCUT2D eigenvalue weighted by Gasteiger charge is 2.11. The molecule has 3 N–H and O–H groups in total. The number of nitrogens with two attached hydrogens (primary N) is 1. The number of halogens is 1. The summed E-state index contributed by atoms with van der Waals surface area (Å²) in [4.78, 5) is 28.6. The number of carbonyl (C=O) groups is 1. The van der Waals surface area contributed by atoms with Crippen molar-refractivity contribution in [2.75, 3.05) is 11.1 Å². The average molecular weight is 399 g/mol. The molecule has 0 spiro atoms. The number of pyridine rings is 2. The van der Waals surface area contributed by atoms with Gasteiger partial charge in [-0.1, -0.05) is 0 Å². The third-order valence-corrected chi connectivity index (χ3v) is 3.82. The van der Waals surface area contributed by atoms with Gasteiger partial charge in [-0.15, -0.1) is 0 Å². The Labute approximate surface area is 152 Å². The van der Waals surface area contributed by atoms with E-state index in [0.717, 1.165) is 21.4 Å². The van der Waals surface area contributed by atoms with Crippen LogP contribution < -0.4 is 11.1 Å². The monoisotopic (exact) mass is 398 g/mol. The van der Waals surface area contributed by atoms with Gasteiger partial charge in [-0.2, -0.15) is 0 Å². The number of rotatable bonds is 6. The van der Waals surface area contributed by atoms with Crippen LogP contribution in [0.1, 0.15) is 21.9 Å². The van der Waals surface area contributed by atoms with Gasteiger partial charge in [0.1, 0.15) is 5.82 Å². The number of ketones is 1. The van der Waals surface area contributed by atoms with E-state index < -0.39 is 0 Å². The molecule has 25 heavy (non-hydrogen) atoms. The van der Waals surface area contributed by atoms with Crippen LogP contribution in [0.4, 0.5) is 11.5 Å². The number of nitrogens with one attached hydrogen (secondary N) is 1. The van der Waals surface area contributed by atoms with E-state index in [1.54, 1.807) is 36.9 Å². The molecule has 0 radical (unpaired) electrons. The van der Waals surface area contributed by atoms with E-state index in [0.29, 0.717) is 12.4 Å². The Bertz CT molecular complexity index is 884. The largest absolute Gasteiger partial charge is 0.382 e. The Balaban J connectivity index is 1.66. The Hall–Kier alpha value is -2.87. The molecule has 0 aliphatic carbocycles. The van der Waals surface area contributed by atoms with E-state index in [-0.39, 0.29) is 18.0 Å². The van der Waals surface area contributed by atoms with Crippen LogP contribution in [-0.4, -0.2) is 25.7 Å². The van der Waals surface area contributed by atoms with E-state index >= 15 is 0 Å². The van der Waals surface area contributed by atoms with Crippen molar-refractivity contribution in [2.45, 2.75) is 13.0 Å². The fourth-order valence-corrected chi connectivity index (χ4v) is 2.41. The van der Waals surface area contributed by atoms with Gasteiger partial charge in [-0.25, -0.2) is 15.0 Å². The highest BCUT2D eigenvalue weighted by Crippen LogP contribution is 2.15. The molecule has 8 heteroatoms. The van der Waals surface area contributed by atoms with Crippen LogP contribution in [0.5, 0.6) is 0 Å². The maximum Gasteiger partial charge on any atom is 0.204 e. The molecule has 0 aliphatic rings. The number of hydrogen-bond donors (Lipinski definition) is 2. The first kappa shape index (κ1) is 17.0. The van der Waals surface area contributed by atoms with E-state index in [2.05, 4.69) is 41.2 Å². The summed E-state index contributed by atoms with van der Waals surface area (Å²) >= 11 is 3.25. The van der Waals surface area contributed by atoms with Crippen molar-refractivity contribution in [2.24, 2.45) is 0 Å². The summed E-state index contributed by atoms with van der Waals surface area (Å²) in [6, 6.07) is 7.33. The zero-order chi connectivity index (χ0) is 17.6. The van der Waals surface area contributed by atoms with Crippen LogP contribution in [0.2, 0.25) is 0 Å². The van der Waals surface area contributed by atoms with Crippen molar-refractivity contribution in [3.8, 4) is 0 Å². The Morgan fingerprint density at radius 3 is 2.68 bits per heavy atom. The molecule has 0 fully saturated rings. The third-order valence-electron chi connectivity index (χ3n) is 3.41. The predicted octanol–water partition coefficient (Wildman–Crippen LogP) is 2.65. The maximum absolute atomic E-state index is 12.3. The number of anilines is 2. The Morgan fingerprint density at radius 1 is 1.12 bits per heavy atom. The molecular weight excluding hydrogens is 384 g/mol. The summed E-state index contributed by atoms with van der Waals surface area (Å²) in [5, 5.41) is 3.18. The molecule has 7 nitrogen and oxygen atoms in total. The topological polar surface area (TPSA) is 107 Å². The van der Waals surface area contributed by atoms with E-state index in [1.807, 2.05) is 12.1 Å². The fraction of sp³-hybridized carbons (Fsp3) is 0.118. The van der Waals surface area contributed by atoms with Crippen LogP contribution in [0, 0.1) is 0 Å². The lowest BCUT2D eigenvalue weighted by atomic mass is 10.1. The van der Waals surface area contributed by atoms with E-state index in [9.17, 15) is 4.79 Å². The van der Waals surface area contributed by atoms with E-state index in [4.69, 9.17) is 5.73 Å². The molecule has 0 saturated carbocycles.